The van der Waals surface area contributed by atoms with E-state index in [4.69, 9.17) is 35.9 Å². The lowest BCUT2D eigenvalue weighted by molar-refractivity contribution is -0.126. The van der Waals surface area contributed by atoms with E-state index in [2.05, 4.69) is 21.0 Å². The molecule has 0 spiro atoms. The van der Waals surface area contributed by atoms with E-state index in [0.29, 0.717) is 48.5 Å². The third kappa shape index (κ3) is 7.85. The third-order valence-corrected chi connectivity index (χ3v) is 4.88. The standard InChI is InChI=1S/C18H24BCl2N5O3/c1-12-10-26(13-4-5-14(20)15(21)9-13)25-18(12)24-16(27)3-2-6-22-17(28)11-29-8-7-23-19/h4-5,9,12,23H,2-3,6-8,10-11H2,1H3,(H,22,28)(H,24,25,27). The molecular weight excluding hydrogens is 416 g/mol. The van der Waals surface area contributed by atoms with Gasteiger partial charge in [0.25, 0.3) is 0 Å². The maximum Gasteiger partial charge on any atom is 0.245 e. The number of hydrogen-bond donors (Lipinski definition) is 3. The first kappa shape index (κ1) is 23.5. The number of carbonyl (C=O) groups is 2. The van der Waals surface area contributed by atoms with Crippen LogP contribution in [0.5, 0.6) is 0 Å². The number of anilines is 1. The Kier molecular flexibility index (Phi) is 9.73. The van der Waals surface area contributed by atoms with E-state index in [-0.39, 0.29) is 30.8 Å². The predicted molar refractivity (Wildman–Crippen MR) is 115 cm³/mol. The van der Waals surface area contributed by atoms with Gasteiger partial charge in [0, 0.05) is 25.4 Å². The molecule has 1 aromatic rings. The molecule has 1 atom stereocenters. The highest BCUT2D eigenvalue weighted by atomic mass is 35.5. The summed E-state index contributed by atoms with van der Waals surface area (Å²) >= 11 is 12.0. The average molecular weight is 440 g/mol. The number of amidine groups is 1. The fourth-order valence-corrected chi connectivity index (χ4v) is 2.89. The molecular formula is C18H24BCl2N5O3. The summed E-state index contributed by atoms with van der Waals surface area (Å²) in [5, 5.41) is 15.2. The van der Waals surface area contributed by atoms with Gasteiger partial charge in [0.05, 0.1) is 28.9 Å². The van der Waals surface area contributed by atoms with Crippen LogP contribution in [0.1, 0.15) is 19.8 Å². The van der Waals surface area contributed by atoms with Crippen molar-refractivity contribution in [2.45, 2.75) is 19.8 Å². The summed E-state index contributed by atoms with van der Waals surface area (Å²) in [5.41, 5.74) is 0.808. The lowest BCUT2D eigenvalue weighted by Gasteiger charge is -2.14. The van der Waals surface area contributed by atoms with Gasteiger partial charge in [-0.05, 0) is 24.6 Å². The van der Waals surface area contributed by atoms with Gasteiger partial charge in [0.15, 0.2) is 7.98 Å². The summed E-state index contributed by atoms with van der Waals surface area (Å²) in [5.74, 6) is 0.292. The van der Waals surface area contributed by atoms with Crippen LogP contribution in [-0.2, 0) is 14.3 Å². The maximum absolute atomic E-state index is 12.2. The summed E-state index contributed by atoms with van der Waals surface area (Å²) in [6.07, 6.45) is 0.789. The molecule has 2 radical (unpaired) electrons. The van der Waals surface area contributed by atoms with E-state index < -0.39 is 0 Å². The van der Waals surface area contributed by atoms with Crippen LogP contribution in [0, 0.1) is 5.92 Å². The van der Waals surface area contributed by atoms with E-state index in [1.165, 1.54) is 0 Å². The Hall–Kier alpha value is -1.81. The Balaban J connectivity index is 1.71. The normalized spacial score (nSPS) is 15.9. The Labute approximate surface area is 181 Å². The first-order chi connectivity index (χ1) is 13.9. The van der Waals surface area contributed by atoms with Gasteiger partial charge >= 0.3 is 0 Å². The molecule has 0 saturated heterocycles. The topological polar surface area (TPSA) is 95.1 Å². The second kappa shape index (κ2) is 12.0. The molecule has 0 bridgehead atoms. The minimum Gasteiger partial charge on any atom is -0.370 e. The summed E-state index contributed by atoms with van der Waals surface area (Å²) in [7, 11) is 5.10. The van der Waals surface area contributed by atoms with Gasteiger partial charge in [0.2, 0.25) is 11.8 Å². The van der Waals surface area contributed by atoms with E-state index >= 15 is 0 Å². The Morgan fingerprint density at radius 3 is 2.79 bits per heavy atom. The molecule has 3 N–H and O–H groups in total. The SMILES string of the molecule is [B]NCCOCC(=O)NCCCC(=O)NC1=NN(c2ccc(Cl)c(Cl)c2)CC1C. The van der Waals surface area contributed by atoms with Crippen molar-refractivity contribution in [2.75, 3.05) is 37.9 Å². The molecule has 8 nitrogen and oxygen atoms in total. The fraction of sp³-hybridized carbons (Fsp3) is 0.500. The van der Waals surface area contributed by atoms with Crippen LogP contribution in [0.3, 0.4) is 0 Å². The molecule has 1 unspecified atom stereocenters. The molecule has 156 valence electrons. The monoisotopic (exact) mass is 439 g/mol. The second-order valence-electron chi connectivity index (χ2n) is 6.58. The minimum atomic E-state index is -0.228. The van der Waals surface area contributed by atoms with Crippen molar-refractivity contribution >= 4 is 54.5 Å². The summed E-state index contributed by atoms with van der Waals surface area (Å²) in [6, 6.07) is 5.28. The molecule has 0 aromatic heterocycles. The number of nitrogens with one attached hydrogen (secondary N) is 3. The smallest absolute Gasteiger partial charge is 0.245 e. The fourth-order valence-electron chi connectivity index (χ4n) is 2.60. The van der Waals surface area contributed by atoms with Crippen LogP contribution in [0.2, 0.25) is 10.0 Å². The van der Waals surface area contributed by atoms with E-state index in [9.17, 15) is 9.59 Å². The first-order valence-electron chi connectivity index (χ1n) is 9.29. The van der Waals surface area contributed by atoms with Crippen molar-refractivity contribution in [2.24, 2.45) is 11.0 Å². The highest BCUT2D eigenvalue weighted by molar-refractivity contribution is 6.42. The number of halogens is 2. The number of ether oxygens (including phenoxy) is 1. The van der Waals surface area contributed by atoms with Crippen LogP contribution in [0.15, 0.2) is 23.3 Å². The third-order valence-electron chi connectivity index (χ3n) is 4.14. The number of benzene rings is 1. The van der Waals surface area contributed by atoms with E-state index in [1.807, 2.05) is 13.0 Å². The van der Waals surface area contributed by atoms with Crippen LogP contribution >= 0.6 is 23.2 Å². The highest BCUT2D eigenvalue weighted by Crippen LogP contribution is 2.29. The van der Waals surface area contributed by atoms with Gasteiger partial charge < -0.3 is 20.6 Å². The van der Waals surface area contributed by atoms with Gasteiger partial charge in [-0.3, -0.25) is 14.6 Å². The van der Waals surface area contributed by atoms with Crippen LogP contribution in [0.25, 0.3) is 0 Å². The molecule has 1 heterocycles. The molecule has 0 fully saturated rings. The Morgan fingerprint density at radius 1 is 1.28 bits per heavy atom. The minimum absolute atomic E-state index is 0.0350. The zero-order valence-corrected chi connectivity index (χ0v) is 17.7. The first-order valence-corrected chi connectivity index (χ1v) is 10.0. The lowest BCUT2D eigenvalue weighted by atomic mass is 10.1. The summed E-state index contributed by atoms with van der Waals surface area (Å²) < 4.78 is 5.11. The number of nitrogens with zero attached hydrogens (tertiary/aromatic N) is 2. The van der Waals surface area contributed by atoms with Crippen LogP contribution < -0.4 is 20.9 Å². The summed E-state index contributed by atoms with van der Waals surface area (Å²) in [4.78, 5) is 23.7. The molecule has 2 amide bonds. The average Bonchev–Trinajstić information content (AvgIpc) is 3.05. The summed E-state index contributed by atoms with van der Waals surface area (Å²) in [6.45, 7) is 3.79. The zero-order valence-electron chi connectivity index (χ0n) is 16.2. The Morgan fingerprint density at radius 2 is 2.07 bits per heavy atom. The highest BCUT2D eigenvalue weighted by Gasteiger charge is 2.25. The van der Waals surface area contributed by atoms with Crippen LogP contribution in [0.4, 0.5) is 5.69 Å². The Bertz CT molecular complexity index is 750. The maximum atomic E-state index is 12.2. The van der Waals surface area contributed by atoms with Crippen molar-refractivity contribution in [3.8, 4) is 0 Å². The molecule has 11 heteroatoms. The largest absolute Gasteiger partial charge is 0.370 e. The van der Waals surface area contributed by atoms with Gasteiger partial charge in [-0.1, -0.05) is 30.1 Å². The molecule has 1 aliphatic rings. The molecule has 0 aliphatic carbocycles. The number of hydrazone groups is 1. The molecule has 2 rings (SSSR count). The van der Waals surface area contributed by atoms with Crippen molar-refractivity contribution in [1.29, 1.82) is 0 Å². The van der Waals surface area contributed by atoms with Gasteiger partial charge in [0.1, 0.15) is 12.4 Å². The number of carbonyl (C=O) groups excluding carboxylic acids is 2. The van der Waals surface area contributed by atoms with Gasteiger partial charge in [-0.15, -0.1) is 0 Å². The quantitative estimate of drug-likeness (QED) is 0.379. The van der Waals surface area contributed by atoms with E-state index in [1.54, 1.807) is 17.1 Å². The van der Waals surface area contributed by atoms with Crippen molar-refractivity contribution < 1.29 is 14.3 Å². The van der Waals surface area contributed by atoms with Crippen LogP contribution in [-0.4, -0.2) is 58.5 Å². The molecule has 1 aliphatic heterocycles. The number of amides is 2. The van der Waals surface area contributed by atoms with Crippen molar-refractivity contribution in [3.05, 3.63) is 28.2 Å². The predicted octanol–water partition coefficient (Wildman–Crippen LogP) is 1.47. The van der Waals surface area contributed by atoms with Crippen molar-refractivity contribution in [3.63, 3.8) is 0 Å². The molecule has 1 aromatic carbocycles. The zero-order chi connectivity index (χ0) is 21.2. The van der Waals surface area contributed by atoms with Gasteiger partial charge in [-0.2, -0.15) is 5.10 Å². The van der Waals surface area contributed by atoms with Crippen molar-refractivity contribution in [1.82, 2.24) is 15.9 Å². The second-order valence-corrected chi connectivity index (χ2v) is 7.39. The molecule has 29 heavy (non-hydrogen) atoms. The molecule has 0 saturated carbocycles. The number of hydrogen-bond acceptors (Lipinski definition) is 6. The number of rotatable bonds is 10. The lowest BCUT2D eigenvalue weighted by Crippen LogP contribution is -2.34. The van der Waals surface area contributed by atoms with Gasteiger partial charge in [-0.25, -0.2) is 0 Å². The van der Waals surface area contributed by atoms with E-state index in [0.717, 1.165) is 5.69 Å².